The van der Waals surface area contributed by atoms with Crippen molar-refractivity contribution in [3.05, 3.63) is 35.4 Å². The molecule has 0 aromatic heterocycles. The van der Waals surface area contributed by atoms with E-state index in [0.717, 1.165) is 25.8 Å². The van der Waals surface area contributed by atoms with Crippen LogP contribution in [0, 0.1) is 0 Å². The first-order chi connectivity index (χ1) is 12.2. The third-order valence-electron chi connectivity index (χ3n) is 5.24. The molecule has 1 atom stereocenters. The van der Waals surface area contributed by atoms with E-state index in [4.69, 9.17) is 0 Å². The van der Waals surface area contributed by atoms with Crippen molar-refractivity contribution in [1.29, 1.82) is 0 Å². The van der Waals surface area contributed by atoms with Crippen molar-refractivity contribution < 1.29 is 9.59 Å². The Morgan fingerprint density at radius 2 is 2.00 bits per heavy atom. The molecule has 6 heteroatoms. The number of carbonyl (C=O) groups is 2. The van der Waals surface area contributed by atoms with Crippen LogP contribution in [0.25, 0.3) is 0 Å². The molecule has 1 aromatic rings. The van der Waals surface area contributed by atoms with Gasteiger partial charge in [0.1, 0.15) is 5.25 Å². The van der Waals surface area contributed by atoms with Crippen LogP contribution in [0.3, 0.4) is 0 Å². The maximum atomic E-state index is 12.7. The highest BCUT2D eigenvalue weighted by molar-refractivity contribution is 8.15. The molecule has 2 amide bonds. The van der Waals surface area contributed by atoms with Gasteiger partial charge in [-0.05, 0) is 30.4 Å². The van der Waals surface area contributed by atoms with E-state index in [1.165, 1.54) is 35.7 Å². The maximum Gasteiger partial charge on any atom is 0.240 e. The van der Waals surface area contributed by atoms with Gasteiger partial charge in [-0.25, -0.2) is 0 Å². The topological polar surface area (TPSA) is 61.8 Å². The summed E-state index contributed by atoms with van der Waals surface area (Å²) in [6, 6.07) is 8.61. The zero-order chi connectivity index (χ0) is 17.2. The maximum absolute atomic E-state index is 12.7. The van der Waals surface area contributed by atoms with Crippen molar-refractivity contribution in [1.82, 2.24) is 10.2 Å². The van der Waals surface area contributed by atoms with E-state index in [2.05, 4.69) is 22.4 Å². The van der Waals surface area contributed by atoms with E-state index >= 15 is 0 Å². The quantitative estimate of drug-likeness (QED) is 0.904. The minimum Gasteiger partial charge on any atom is -0.338 e. The van der Waals surface area contributed by atoms with Gasteiger partial charge in [-0.1, -0.05) is 48.9 Å². The molecular weight excluding hydrogens is 334 g/mol. The number of benzene rings is 1. The first-order valence-electron chi connectivity index (χ1n) is 9.09. The Morgan fingerprint density at radius 1 is 1.24 bits per heavy atom. The van der Waals surface area contributed by atoms with E-state index < -0.39 is 0 Å². The second-order valence-electron chi connectivity index (χ2n) is 7.01. The third kappa shape index (κ3) is 3.73. The van der Waals surface area contributed by atoms with Crippen LogP contribution in [0.5, 0.6) is 0 Å². The molecule has 132 valence electrons. The second-order valence-corrected chi connectivity index (χ2v) is 8.20. The Labute approximate surface area is 152 Å². The number of fused-ring (bicyclic) bond motifs is 1. The van der Waals surface area contributed by atoms with Crippen molar-refractivity contribution in [3.8, 4) is 0 Å². The molecule has 0 bridgehead atoms. The number of amidine groups is 1. The van der Waals surface area contributed by atoms with E-state index in [9.17, 15) is 9.59 Å². The highest BCUT2D eigenvalue weighted by atomic mass is 32.2. The largest absolute Gasteiger partial charge is 0.338 e. The summed E-state index contributed by atoms with van der Waals surface area (Å²) in [5, 5.41) is 3.22. The molecular formula is C19H23N3O2S. The molecule has 2 heterocycles. The molecule has 4 rings (SSSR count). The van der Waals surface area contributed by atoms with Crippen LogP contribution in [0.2, 0.25) is 0 Å². The zero-order valence-corrected chi connectivity index (χ0v) is 15.1. The molecule has 3 aliphatic rings. The van der Waals surface area contributed by atoms with Crippen LogP contribution in [0.15, 0.2) is 29.3 Å². The molecule has 2 aliphatic heterocycles. The van der Waals surface area contributed by atoms with Gasteiger partial charge in [-0.15, -0.1) is 0 Å². The summed E-state index contributed by atoms with van der Waals surface area (Å²) >= 11 is 1.43. The molecule has 1 saturated carbocycles. The van der Waals surface area contributed by atoms with Gasteiger partial charge in [0.05, 0.1) is 6.04 Å². The van der Waals surface area contributed by atoms with E-state index in [0.29, 0.717) is 17.8 Å². The normalized spacial score (nSPS) is 25.3. The highest BCUT2D eigenvalue weighted by Gasteiger charge is 2.34. The molecule has 25 heavy (non-hydrogen) atoms. The fraction of sp³-hybridized carbons (Fsp3) is 0.526. The van der Waals surface area contributed by atoms with Crippen molar-refractivity contribution >= 4 is 28.7 Å². The Balaban J connectivity index is 1.36. The molecule has 1 aromatic carbocycles. The van der Waals surface area contributed by atoms with Crippen LogP contribution < -0.4 is 5.32 Å². The Kier molecular flexibility index (Phi) is 4.79. The number of carbonyl (C=O) groups excluding carboxylic acids is 2. The van der Waals surface area contributed by atoms with Gasteiger partial charge in [0.25, 0.3) is 0 Å². The van der Waals surface area contributed by atoms with Gasteiger partial charge in [-0.2, -0.15) is 0 Å². The number of amides is 2. The minimum absolute atomic E-state index is 0.0595. The Bertz CT molecular complexity index is 712. The van der Waals surface area contributed by atoms with E-state index in [1.807, 2.05) is 17.0 Å². The number of hydrogen-bond acceptors (Lipinski definition) is 4. The average Bonchev–Trinajstić information content (AvgIpc) is 3.25. The van der Waals surface area contributed by atoms with Gasteiger partial charge < -0.3 is 10.2 Å². The van der Waals surface area contributed by atoms with Gasteiger partial charge in [0, 0.05) is 19.5 Å². The molecule has 5 nitrogen and oxygen atoms in total. The molecule has 1 N–H and O–H groups in total. The van der Waals surface area contributed by atoms with Crippen molar-refractivity contribution in [3.63, 3.8) is 0 Å². The van der Waals surface area contributed by atoms with Crippen molar-refractivity contribution in [2.24, 2.45) is 4.99 Å². The summed E-state index contributed by atoms with van der Waals surface area (Å²) in [4.78, 5) is 31.4. The predicted molar refractivity (Wildman–Crippen MR) is 99.4 cm³/mol. The number of nitrogens with one attached hydrogen (secondary N) is 1. The lowest BCUT2D eigenvalue weighted by Crippen LogP contribution is -2.38. The standard InChI is InChI=1S/C19H23N3O2S/c23-17(22-10-9-13-5-1-2-6-14(13)12-22)11-16-18(24)21-19(25-16)20-15-7-3-4-8-15/h1-2,5-6,15-16H,3-4,7-12H2,(H,20,21,24). The fourth-order valence-corrected chi connectivity index (χ4v) is 4.83. The lowest BCUT2D eigenvalue weighted by atomic mass is 9.99. The zero-order valence-electron chi connectivity index (χ0n) is 14.2. The molecule has 1 unspecified atom stereocenters. The highest BCUT2D eigenvalue weighted by Crippen LogP contribution is 2.28. The molecule has 1 aliphatic carbocycles. The summed E-state index contributed by atoms with van der Waals surface area (Å²) in [6.07, 6.45) is 5.80. The lowest BCUT2D eigenvalue weighted by Gasteiger charge is -2.29. The predicted octanol–water partition coefficient (Wildman–Crippen LogP) is 2.49. The van der Waals surface area contributed by atoms with E-state index in [-0.39, 0.29) is 23.5 Å². The van der Waals surface area contributed by atoms with Crippen LogP contribution in [0.4, 0.5) is 0 Å². The Morgan fingerprint density at radius 3 is 2.80 bits per heavy atom. The van der Waals surface area contributed by atoms with Gasteiger partial charge >= 0.3 is 0 Å². The fourth-order valence-electron chi connectivity index (χ4n) is 3.80. The number of rotatable bonds is 3. The summed E-state index contributed by atoms with van der Waals surface area (Å²) in [6.45, 7) is 1.38. The van der Waals surface area contributed by atoms with E-state index in [1.54, 1.807) is 0 Å². The third-order valence-corrected chi connectivity index (χ3v) is 6.34. The first-order valence-corrected chi connectivity index (χ1v) is 9.97. The second kappa shape index (κ2) is 7.20. The molecule has 1 saturated heterocycles. The van der Waals surface area contributed by atoms with Gasteiger partial charge in [0.15, 0.2) is 5.17 Å². The van der Waals surface area contributed by atoms with Crippen molar-refractivity contribution in [2.45, 2.75) is 56.4 Å². The number of aliphatic imine (C=N–C) groups is 1. The number of thioether (sulfide) groups is 1. The number of nitrogens with zero attached hydrogens (tertiary/aromatic N) is 2. The lowest BCUT2D eigenvalue weighted by molar-refractivity contribution is -0.133. The molecule has 0 radical (unpaired) electrons. The summed E-state index contributed by atoms with van der Waals surface area (Å²) in [7, 11) is 0. The summed E-state index contributed by atoms with van der Waals surface area (Å²) in [5.74, 6) is -0.0169. The van der Waals surface area contributed by atoms with Crippen LogP contribution in [0.1, 0.15) is 43.2 Å². The minimum atomic E-state index is -0.343. The monoisotopic (exact) mass is 357 g/mol. The van der Waals surface area contributed by atoms with Gasteiger partial charge in [-0.3, -0.25) is 14.6 Å². The van der Waals surface area contributed by atoms with Gasteiger partial charge in [0.2, 0.25) is 11.8 Å². The van der Waals surface area contributed by atoms with Crippen LogP contribution >= 0.6 is 11.8 Å². The average molecular weight is 357 g/mol. The smallest absolute Gasteiger partial charge is 0.240 e. The van der Waals surface area contributed by atoms with Crippen molar-refractivity contribution in [2.75, 3.05) is 6.54 Å². The summed E-state index contributed by atoms with van der Waals surface area (Å²) in [5.41, 5.74) is 2.54. The van der Waals surface area contributed by atoms with Crippen LogP contribution in [-0.4, -0.2) is 39.7 Å². The van der Waals surface area contributed by atoms with Crippen LogP contribution in [-0.2, 0) is 22.6 Å². The molecule has 0 spiro atoms. The first kappa shape index (κ1) is 16.6. The SMILES string of the molecule is O=C1NC(=NC2CCCC2)SC1CC(=O)N1CCc2ccccc2C1. The Hall–Kier alpha value is -1.82. The molecule has 2 fully saturated rings. The summed E-state index contributed by atoms with van der Waals surface area (Å²) < 4.78 is 0. The number of hydrogen-bond donors (Lipinski definition) is 1.